The highest BCUT2D eigenvalue weighted by Gasteiger charge is 2.11. The van der Waals surface area contributed by atoms with Crippen molar-refractivity contribution in [3.8, 4) is 0 Å². The minimum atomic E-state index is -0.981. The van der Waals surface area contributed by atoms with E-state index in [0.29, 0.717) is 0 Å². The van der Waals surface area contributed by atoms with Gasteiger partial charge in [-0.3, -0.25) is 4.79 Å². The van der Waals surface area contributed by atoms with E-state index in [0.717, 1.165) is 18.9 Å². The Balaban J connectivity index is 0. The molecule has 0 radical (unpaired) electrons. The highest BCUT2D eigenvalue weighted by Crippen LogP contribution is 2.16. The molecule has 0 saturated heterocycles. The molecule has 0 aliphatic heterocycles. The summed E-state index contributed by atoms with van der Waals surface area (Å²) < 4.78 is 0. The number of nitrogens with two attached hydrogens (primary N) is 1. The molecule has 0 heterocycles. The Morgan fingerprint density at radius 3 is 1.41 bits per heavy atom. The molecule has 4 heteroatoms. The number of amides is 1. The van der Waals surface area contributed by atoms with E-state index in [1.54, 1.807) is 0 Å². The second-order valence-electron chi connectivity index (χ2n) is 7.43. The fourth-order valence-corrected chi connectivity index (χ4v) is 3.13. The fraction of sp³-hybridized carbons (Fsp3) is 0.826. The third-order valence-corrected chi connectivity index (χ3v) is 4.98. The highest BCUT2D eigenvalue weighted by atomic mass is 16.4. The number of rotatable bonds is 18. The minimum Gasteiger partial charge on any atom is -0.478 e. The lowest BCUT2D eigenvalue weighted by atomic mass is 9.97. The number of hydrogen-bond donors (Lipinski definition) is 2. The lowest BCUT2D eigenvalue weighted by Gasteiger charge is -2.09. The van der Waals surface area contributed by atoms with Gasteiger partial charge in [0, 0.05) is 12.0 Å². The predicted octanol–water partition coefficient (Wildman–Crippen LogP) is 6.63. The molecule has 0 aliphatic carbocycles. The molecule has 1 amide bonds. The first-order valence-corrected chi connectivity index (χ1v) is 11.1. The molecule has 0 aliphatic rings. The lowest BCUT2D eigenvalue weighted by Crippen LogP contribution is -2.22. The summed E-state index contributed by atoms with van der Waals surface area (Å²) in [6, 6.07) is 0. The number of carbonyl (C=O) groups excluding carboxylic acids is 1. The molecule has 0 bridgehead atoms. The molecular weight excluding hydrogens is 338 g/mol. The van der Waals surface area contributed by atoms with Crippen LogP contribution in [0.2, 0.25) is 0 Å². The third kappa shape index (κ3) is 24.7. The average Bonchev–Trinajstić information content (AvgIpc) is 2.65. The van der Waals surface area contributed by atoms with Crippen LogP contribution in [0.25, 0.3) is 0 Å². The van der Waals surface area contributed by atoms with E-state index in [2.05, 4.69) is 20.4 Å². The van der Waals surface area contributed by atoms with E-state index < -0.39 is 5.97 Å². The van der Waals surface area contributed by atoms with Crippen molar-refractivity contribution in [3.63, 3.8) is 0 Å². The summed E-state index contributed by atoms with van der Waals surface area (Å²) in [5, 5.41) is 7.60. The van der Waals surface area contributed by atoms with Crippen molar-refractivity contribution in [2.75, 3.05) is 0 Å². The number of carboxylic acid groups (broad SMARTS) is 1. The first-order valence-electron chi connectivity index (χ1n) is 11.1. The zero-order valence-electron chi connectivity index (χ0n) is 18.0. The Labute approximate surface area is 168 Å². The van der Waals surface area contributed by atoms with Crippen molar-refractivity contribution < 1.29 is 14.7 Å². The van der Waals surface area contributed by atoms with Gasteiger partial charge >= 0.3 is 5.97 Å². The van der Waals surface area contributed by atoms with Gasteiger partial charge in [-0.1, -0.05) is 110 Å². The van der Waals surface area contributed by atoms with Crippen molar-refractivity contribution in [3.05, 3.63) is 12.7 Å². The second kappa shape index (κ2) is 22.7. The van der Waals surface area contributed by atoms with E-state index >= 15 is 0 Å². The average molecular weight is 384 g/mol. The van der Waals surface area contributed by atoms with Crippen molar-refractivity contribution >= 4 is 11.9 Å². The fourth-order valence-electron chi connectivity index (χ4n) is 3.13. The van der Waals surface area contributed by atoms with E-state index in [1.807, 2.05) is 0 Å². The van der Waals surface area contributed by atoms with E-state index in [1.165, 1.54) is 89.9 Å². The van der Waals surface area contributed by atoms with E-state index in [-0.39, 0.29) is 11.8 Å². The van der Waals surface area contributed by atoms with Crippen molar-refractivity contribution in [1.82, 2.24) is 0 Å². The third-order valence-electron chi connectivity index (χ3n) is 4.98. The number of aliphatic carboxylic acids is 1. The van der Waals surface area contributed by atoms with Crippen LogP contribution in [-0.4, -0.2) is 17.0 Å². The minimum absolute atomic E-state index is 0.109. The van der Waals surface area contributed by atoms with E-state index in [4.69, 9.17) is 10.8 Å². The Morgan fingerprint density at radius 2 is 1.15 bits per heavy atom. The molecule has 1 unspecified atom stereocenters. The monoisotopic (exact) mass is 383 g/mol. The van der Waals surface area contributed by atoms with Gasteiger partial charge in [-0.25, -0.2) is 4.79 Å². The first kappa shape index (κ1) is 27.9. The summed E-state index contributed by atoms with van der Waals surface area (Å²) in [4.78, 5) is 20.4. The molecule has 4 nitrogen and oxygen atoms in total. The van der Waals surface area contributed by atoms with Crippen molar-refractivity contribution in [2.24, 2.45) is 11.7 Å². The topological polar surface area (TPSA) is 80.4 Å². The molecule has 0 spiro atoms. The largest absolute Gasteiger partial charge is 0.478 e. The van der Waals surface area contributed by atoms with Gasteiger partial charge in [0.2, 0.25) is 5.91 Å². The summed E-state index contributed by atoms with van der Waals surface area (Å²) in [7, 11) is 0. The smallest absolute Gasteiger partial charge is 0.327 e. The molecule has 0 aromatic rings. The summed E-state index contributed by atoms with van der Waals surface area (Å²) in [6.07, 6.45) is 22.0. The number of carbonyl (C=O) groups is 2. The quantitative estimate of drug-likeness (QED) is 0.206. The Morgan fingerprint density at radius 1 is 0.815 bits per heavy atom. The van der Waals surface area contributed by atoms with Crippen LogP contribution in [-0.2, 0) is 9.59 Å². The van der Waals surface area contributed by atoms with Crippen LogP contribution in [0.15, 0.2) is 12.7 Å². The molecule has 0 aromatic heterocycles. The zero-order chi connectivity index (χ0) is 20.8. The first-order chi connectivity index (χ1) is 13.0. The molecule has 160 valence electrons. The Bertz CT molecular complexity index is 356. The van der Waals surface area contributed by atoms with Gasteiger partial charge in [0.25, 0.3) is 0 Å². The Kier molecular flexibility index (Phi) is 23.5. The summed E-state index contributed by atoms with van der Waals surface area (Å²) >= 11 is 0. The SMILES string of the molecule is C=CC(=O)O.CCCCCCCCCCCCCCCCC(CC)C(N)=O. The normalized spacial score (nSPS) is 11.3. The van der Waals surface area contributed by atoms with Crippen LogP contribution >= 0.6 is 0 Å². The zero-order valence-corrected chi connectivity index (χ0v) is 18.0. The van der Waals surface area contributed by atoms with Crippen LogP contribution in [0.3, 0.4) is 0 Å². The van der Waals surface area contributed by atoms with Crippen LogP contribution in [0.4, 0.5) is 0 Å². The number of carboxylic acids is 1. The number of hydrogen-bond acceptors (Lipinski definition) is 2. The summed E-state index contributed by atoms with van der Waals surface area (Å²) in [5.74, 6) is -0.987. The molecule has 3 N–H and O–H groups in total. The molecule has 0 rings (SSSR count). The van der Waals surface area contributed by atoms with Gasteiger partial charge in [-0.15, -0.1) is 0 Å². The van der Waals surface area contributed by atoms with Crippen LogP contribution in [0.1, 0.15) is 117 Å². The standard InChI is InChI=1S/C20H41NO.C3H4O2/c1-3-5-6-7-8-9-10-11-12-13-14-15-16-17-18-19(4-2)20(21)22;1-2-3(4)5/h19H,3-18H2,1-2H3,(H2,21,22);2H,1H2,(H,4,5). The summed E-state index contributed by atoms with van der Waals surface area (Å²) in [6.45, 7) is 7.29. The molecule has 1 atom stereocenters. The maximum Gasteiger partial charge on any atom is 0.327 e. The molecule has 27 heavy (non-hydrogen) atoms. The number of unbranched alkanes of at least 4 members (excludes halogenated alkanes) is 13. The number of primary amides is 1. The maximum atomic E-state index is 11.1. The van der Waals surface area contributed by atoms with Gasteiger partial charge in [-0.05, 0) is 12.8 Å². The highest BCUT2D eigenvalue weighted by molar-refractivity contribution is 5.78. The molecule has 0 aromatic carbocycles. The predicted molar refractivity (Wildman–Crippen MR) is 116 cm³/mol. The van der Waals surface area contributed by atoms with Crippen molar-refractivity contribution in [2.45, 2.75) is 117 Å². The molecular formula is C23H45NO3. The van der Waals surface area contributed by atoms with Crippen LogP contribution < -0.4 is 5.73 Å². The lowest BCUT2D eigenvalue weighted by molar-refractivity contribution is -0.131. The summed E-state index contributed by atoms with van der Waals surface area (Å²) in [5.41, 5.74) is 5.36. The Hall–Kier alpha value is -1.32. The van der Waals surface area contributed by atoms with Gasteiger partial charge in [-0.2, -0.15) is 0 Å². The van der Waals surface area contributed by atoms with Crippen LogP contribution in [0, 0.1) is 5.92 Å². The van der Waals surface area contributed by atoms with E-state index in [9.17, 15) is 9.59 Å². The van der Waals surface area contributed by atoms with Gasteiger partial charge in [0.1, 0.15) is 0 Å². The van der Waals surface area contributed by atoms with Gasteiger partial charge in [0.15, 0.2) is 0 Å². The van der Waals surface area contributed by atoms with Gasteiger partial charge < -0.3 is 10.8 Å². The maximum absolute atomic E-state index is 11.1. The second-order valence-corrected chi connectivity index (χ2v) is 7.43. The van der Waals surface area contributed by atoms with Crippen LogP contribution in [0.5, 0.6) is 0 Å². The van der Waals surface area contributed by atoms with Gasteiger partial charge in [0.05, 0.1) is 0 Å². The van der Waals surface area contributed by atoms with Crippen molar-refractivity contribution in [1.29, 1.82) is 0 Å². The molecule has 0 saturated carbocycles. The molecule has 0 fully saturated rings.